The Bertz CT molecular complexity index is 664. The molecule has 0 aliphatic heterocycles. The first-order valence-corrected chi connectivity index (χ1v) is 7.55. The minimum absolute atomic E-state index is 0.0496. The number of aliphatic hydroxyl groups excluding tert-OH is 1. The van der Waals surface area contributed by atoms with Gasteiger partial charge in [-0.05, 0) is 23.3 Å². The zero-order chi connectivity index (χ0) is 15.7. The summed E-state index contributed by atoms with van der Waals surface area (Å²) in [5.41, 5.74) is 1.70. The van der Waals surface area contributed by atoms with Crippen LogP contribution in [0.15, 0.2) is 36.5 Å². The van der Waals surface area contributed by atoms with Crippen molar-refractivity contribution < 1.29 is 9.90 Å². The van der Waals surface area contributed by atoms with Gasteiger partial charge in [0.05, 0.1) is 12.3 Å². The van der Waals surface area contributed by atoms with Crippen LogP contribution in [-0.4, -0.2) is 27.3 Å². The van der Waals surface area contributed by atoms with E-state index in [1.54, 1.807) is 6.20 Å². The molecule has 5 nitrogen and oxygen atoms in total. The molecule has 22 heavy (non-hydrogen) atoms. The number of hydrogen-bond acceptors (Lipinski definition) is 3. The van der Waals surface area contributed by atoms with Gasteiger partial charge in [-0.1, -0.05) is 44.2 Å². The van der Waals surface area contributed by atoms with E-state index >= 15 is 0 Å². The molecule has 2 atom stereocenters. The van der Waals surface area contributed by atoms with E-state index < -0.39 is 0 Å². The second-order valence-electron chi connectivity index (χ2n) is 6.55. The molecule has 2 aromatic rings. The number of hydrogen-bond donors (Lipinski definition) is 3. The fourth-order valence-electron chi connectivity index (χ4n) is 2.97. The van der Waals surface area contributed by atoms with Gasteiger partial charge in [0.2, 0.25) is 5.91 Å². The Morgan fingerprint density at radius 3 is 2.77 bits per heavy atom. The van der Waals surface area contributed by atoms with E-state index in [0.717, 1.165) is 11.1 Å². The van der Waals surface area contributed by atoms with Crippen molar-refractivity contribution in [2.45, 2.75) is 32.8 Å². The number of benzene rings is 1. The lowest BCUT2D eigenvalue weighted by molar-refractivity contribution is -0.129. The van der Waals surface area contributed by atoms with Crippen molar-refractivity contribution in [2.75, 3.05) is 5.32 Å². The first kappa shape index (κ1) is 14.8. The topological polar surface area (TPSA) is 78.0 Å². The molecule has 1 aliphatic rings. The minimum Gasteiger partial charge on any atom is -0.393 e. The number of H-pyrrole nitrogens is 1. The Morgan fingerprint density at radius 1 is 1.41 bits per heavy atom. The van der Waals surface area contributed by atoms with Crippen LogP contribution in [0.1, 0.15) is 26.7 Å². The van der Waals surface area contributed by atoms with E-state index in [2.05, 4.69) is 15.5 Å². The third-order valence-corrected chi connectivity index (χ3v) is 4.84. The van der Waals surface area contributed by atoms with Crippen molar-refractivity contribution in [2.24, 2.45) is 11.3 Å². The predicted molar refractivity (Wildman–Crippen MR) is 85.2 cm³/mol. The molecular weight excluding hydrogens is 278 g/mol. The van der Waals surface area contributed by atoms with Crippen molar-refractivity contribution in [1.29, 1.82) is 0 Å². The molecule has 1 aliphatic carbocycles. The van der Waals surface area contributed by atoms with Crippen LogP contribution in [0.3, 0.4) is 0 Å². The predicted octanol–water partition coefficient (Wildman–Crippen LogP) is 2.81. The molecule has 1 aromatic carbocycles. The molecule has 1 saturated carbocycles. The standard InChI is InChI=1S/C17H21N3O2/c1-17(2)12(8-14(17)21)9-15(22)19-16-13(10-18-20-16)11-6-4-3-5-7-11/h3-7,10,12,14,21H,8-9H2,1-2H3,(H2,18,19,20,22). The molecule has 2 unspecified atom stereocenters. The second-order valence-corrected chi connectivity index (χ2v) is 6.55. The highest BCUT2D eigenvalue weighted by atomic mass is 16.3. The smallest absolute Gasteiger partial charge is 0.225 e. The maximum absolute atomic E-state index is 12.3. The summed E-state index contributed by atoms with van der Waals surface area (Å²) in [7, 11) is 0. The van der Waals surface area contributed by atoms with Gasteiger partial charge in [0, 0.05) is 12.0 Å². The zero-order valence-electron chi connectivity index (χ0n) is 12.8. The van der Waals surface area contributed by atoms with Crippen LogP contribution in [0.25, 0.3) is 11.1 Å². The molecule has 0 radical (unpaired) electrons. The molecular formula is C17H21N3O2. The SMILES string of the molecule is CC1(C)C(O)CC1CC(=O)Nc1[nH]ncc1-c1ccccc1. The summed E-state index contributed by atoms with van der Waals surface area (Å²) in [6, 6.07) is 9.81. The third-order valence-electron chi connectivity index (χ3n) is 4.84. The van der Waals surface area contributed by atoms with Crippen LogP contribution < -0.4 is 5.32 Å². The molecule has 0 saturated heterocycles. The summed E-state index contributed by atoms with van der Waals surface area (Å²) < 4.78 is 0. The summed E-state index contributed by atoms with van der Waals surface area (Å²) in [6.07, 6.45) is 2.51. The Morgan fingerprint density at radius 2 is 2.14 bits per heavy atom. The van der Waals surface area contributed by atoms with Gasteiger partial charge in [0.1, 0.15) is 5.82 Å². The molecule has 0 bridgehead atoms. The van der Waals surface area contributed by atoms with E-state index in [1.807, 2.05) is 44.2 Å². The fraction of sp³-hybridized carbons (Fsp3) is 0.412. The summed E-state index contributed by atoms with van der Waals surface area (Å²) in [4.78, 5) is 12.3. The molecule has 116 valence electrons. The van der Waals surface area contributed by atoms with E-state index in [0.29, 0.717) is 18.7 Å². The normalized spacial score (nSPS) is 22.9. The summed E-state index contributed by atoms with van der Waals surface area (Å²) >= 11 is 0. The van der Waals surface area contributed by atoms with E-state index in [9.17, 15) is 9.90 Å². The summed E-state index contributed by atoms with van der Waals surface area (Å²) in [5.74, 6) is 0.783. The molecule has 3 rings (SSSR count). The Kier molecular flexibility index (Phi) is 3.74. The Labute approximate surface area is 129 Å². The number of carbonyl (C=O) groups excluding carboxylic acids is 1. The Balaban J connectivity index is 1.67. The maximum atomic E-state index is 12.3. The van der Waals surface area contributed by atoms with Gasteiger partial charge in [-0.15, -0.1) is 0 Å². The average molecular weight is 299 g/mol. The molecule has 1 aromatic heterocycles. The zero-order valence-corrected chi connectivity index (χ0v) is 12.8. The van der Waals surface area contributed by atoms with Crippen LogP contribution in [0.5, 0.6) is 0 Å². The number of aliphatic hydroxyl groups is 1. The number of anilines is 1. The van der Waals surface area contributed by atoms with Gasteiger partial charge >= 0.3 is 0 Å². The van der Waals surface area contributed by atoms with Crippen molar-refractivity contribution in [3.8, 4) is 11.1 Å². The van der Waals surface area contributed by atoms with Crippen molar-refractivity contribution in [3.63, 3.8) is 0 Å². The van der Waals surface area contributed by atoms with Gasteiger partial charge in [-0.3, -0.25) is 9.89 Å². The minimum atomic E-state index is -0.308. The largest absolute Gasteiger partial charge is 0.393 e. The van der Waals surface area contributed by atoms with Crippen LogP contribution in [0.2, 0.25) is 0 Å². The van der Waals surface area contributed by atoms with Gasteiger partial charge in [0.25, 0.3) is 0 Å². The van der Waals surface area contributed by atoms with Crippen LogP contribution >= 0.6 is 0 Å². The highest BCUT2D eigenvalue weighted by Crippen LogP contribution is 2.48. The van der Waals surface area contributed by atoms with E-state index in [4.69, 9.17) is 0 Å². The lowest BCUT2D eigenvalue weighted by Crippen LogP contribution is -2.50. The molecule has 0 spiro atoms. The van der Waals surface area contributed by atoms with Crippen LogP contribution in [0, 0.1) is 11.3 Å². The third kappa shape index (κ3) is 2.64. The quantitative estimate of drug-likeness (QED) is 0.812. The first-order chi connectivity index (χ1) is 10.5. The number of amides is 1. The van der Waals surface area contributed by atoms with Crippen molar-refractivity contribution >= 4 is 11.7 Å². The number of rotatable bonds is 4. The highest BCUT2D eigenvalue weighted by Gasteiger charge is 2.47. The van der Waals surface area contributed by atoms with Gasteiger partial charge < -0.3 is 10.4 Å². The number of nitrogens with zero attached hydrogens (tertiary/aromatic N) is 1. The molecule has 3 N–H and O–H groups in total. The van der Waals surface area contributed by atoms with Crippen LogP contribution in [0.4, 0.5) is 5.82 Å². The van der Waals surface area contributed by atoms with Gasteiger partial charge in [-0.2, -0.15) is 5.10 Å². The van der Waals surface area contributed by atoms with E-state index in [1.165, 1.54) is 0 Å². The summed E-state index contributed by atoms with van der Waals surface area (Å²) in [6.45, 7) is 4.01. The first-order valence-electron chi connectivity index (χ1n) is 7.55. The maximum Gasteiger partial charge on any atom is 0.225 e. The monoisotopic (exact) mass is 299 g/mol. The summed E-state index contributed by atoms with van der Waals surface area (Å²) in [5, 5.41) is 19.5. The van der Waals surface area contributed by atoms with E-state index in [-0.39, 0.29) is 23.3 Å². The molecule has 1 amide bonds. The average Bonchev–Trinajstić information content (AvgIpc) is 2.96. The van der Waals surface area contributed by atoms with Gasteiger partial charge in [0.15, 0.2) is 0 Å². The molecule has 5 heteroatoms. The number of carbonyl (C=O) groups is 1. The second kappa shape index (κ2) is 5.57. The Hall–Kier alpha value is -2.14. The lowest BCUT2D eigenvalue weighted by Gasteiger charge is -2.49. The highest BCUT2D eigenvalue weighted by molar-refractivity contribution is 5.94. The fourth-order valence-corrected chi connectivity index (χ4v) is 2.97. The van der Waals surface area contributed by atoms with Gasteiger partial charge in [-0.25, -0.2) is 0 Å². The van der Waals surface area contributed by atoms with Crippen molar-refractivity contribution in [1.82, 2.24) is 10.2 Å². The van der Waals surface area contributed by atoms with Crippen LogP contribution in [-0.2, 0) is 4.79 Å². The lowest BCUT2D eigenvalue weighted by atomic mass is 9.59. The molecule has 1 fully saturated rings. The number of aromatic amines is 1. The number of nitrogens with one attached hydrogen (secondary N) is 2. The number of aromatic nitrogens is 2. The van der Waals surface area contributed by atoms with Crippen molar-refractivity contribution in [3.05, 3.63) is 36.5 Å². The molecule has 1 heterocycles.